The van der Waals surface area contributed by atoms with Gasteiger partial charge in [0.25, 0.3) is 0 Å². The molecule has 0 spiro atoms. The number of carboxylic acids is 1. The number of carboxylic acid groups (broad SMARTS) is 1. The first-order chi connectivity index (χ1) is 11.8. The molecule has 25 heavy (non-hydrogen) atoms. The zero-order valence-corrected chi connectivity index (χ0v) is 14.5. The van der Waals surface area contributed by atoms with Crippen molar-refractivity contribution >= 4 is 45.5 Å². The molecule has 3 rings (SSSR count). The molecule has 3 heterocycles. The fourth-order valence-corrected chi connectivity index (χ4v) is 3.76. The first-order valence-electron chi connectivity index (χ1n) is 7.33. The number of halogens is 1. The van der Waals surface area contributed by atoms with E-state index in [0.29, 0.717) is 36.2 Å². The fraction of sp³-hybridized carbons (Fsp3) is 0.286. The molecule has 0 bridgehead atoms. The minimum atomic E-state index is -2.48. The second kappa shape index (κ2) is 7.00. The van der Waals surface area contributed by atoms with Crippen molar-refractivity contribution in [3.05, 3.63) is 35.1 Å². The molecule has 1 aliphatic rings. The Balaban J connectivity index is 1.81. The van der Waals surface area contributed by atoms with Gasteiger partial charge in [0.05, 0.1) is 17.2 Å². The van der Waals surface area contributed by atoms with Gasteiger partial charge in [0, 0.05) is 19.2 Å². The highest BCUT2D eigenvalue weighted by Crippen LogP contribution is 2.41. The van der Waals surface area contributed by atoms with Crippen LogP contribution in [0.2, 0.25) is 5.15 Å². The molecular weight excluding hydrogens is 370 g/mol. The zero-order valence-electron chi connectivity index (χ0n) is 13.0. The predicted molar refractivity (Wildman–Crippen MR) is 96.3 cm³/mol. The number of nitrogens with zero attached hydrogens (tertiary/aromatic N) is 4. The minimum absolute atomic E-state index is 0.0601. The fourth-order valence-electron chi connectivity index (χ4n) is 2.38. The third-order valence-electron chi connectivity index (χ3n) is 3.66. The van der Waals surface area contributed by atoms with Crippen molar-refractivity contribution in [3.8, 4) is 0 Å². The summed E-state index contributed by atoms with van der Waals surface area (Å²) >= 11 is 5.79. The van der Waals surface area contributed by atoms with E-state index in [1.807, 2.05) is 4.90 Å². The van der Waals surface area contributed by atoms with Crippen LogP contribution in [0.1, 0.15) is 10.5 Å². The van der Waals surface area contributed by atoms with Gasteiger partial charge in [-0.25, -0.2) is 9.78 Å². The number of nitrogens with one attached hydrogen (secondary N) is 1. The van der Waals surface area contributed by atoms with Gasteiger partial charge in [-0.2, -0.15) is 10.6 Å². The average molecular weight is 386 g/mol. The van der Waals surface area contributed by atoms with Crippen LogP contribution in [0.5, 0.6) is 0 Å². The quantitative estimate of drug-likeness (QED) is 0.626. The maximum absolute atomic E-state index is 11.2. The molecule has 2 aromatic rings. The number of pyridine rings is 1. The van der Waals surface area contributed by atoms with E-state index in [-0.39, 0.29) is 16.5 Å². The Labute approximate surface area is 150 Å². The summed E-state index contributed by atoms with van der Waals surface area (Å²) in [5.74, 6) is 0.453. The van der Waals surface area contributed by atoms with Gasteiger partial charge in [0.15, 0.2) is 10.8 Å². The third kappa shape index (κ3) is 4.28. The van der Waals surface area contributed by atoms with Crippen molar-refractivity contribution in [1.29, 1.82) is 0 Å². The summed E-state index contributed by atoms with van der Waals surface area (Å²) in [5, 5.41) is 19.2. The number of aromatic carboxylic acids is 1. The van der Waals surface area contributed by atoms with Gasteiger partial charge >= 0.3 is 5.97 Å². The van der Waals surface area contributed by atoms with Gasteiger partial charge in [-0.3, -0.25) is 9.11 Å². The highest BCUT2D eigenvalue weighted by Gasteiger charge is 2.23. The van der Waals surface area contributed by atoms with Crippen LogP contribution in [-0.4, -0.2) is 60.0 Å². The monoisotopic (exact) mass is 385 g/mol. The largest absolute Gasteiger partial charge is 0.476 e. The summed E-state index contributed by atoms with van der Waals surface area (Å²) in [6, 6.07) is 6.62. The topological polar surface area (TPSA) is 132 Å². The van der Waals surface area contributed by atoms with Crippen molar-refractivity contribution in [2.45, 2.75) is 0 Å². The Morgan fingerprint density at radius 2 is 1.96 bits per heavy atom. The molecule has 0 atom stereocenters. The first-order valence-corrected chi connectivity index (χ1v) is 9.59. The molecule has 0 aliphatic carbocycles. The maximum Gasteiger partial charge on any atom is 0.358 e. The van der Waals surface area contributed by atoms with Gasteiger partial charge in [-0.1, -0.05) is 17.7 Å². The van der Waals surface area contributed by atoms with Crippen LogP contribution in [0.15, 0.2) is 24.3 Å². The van der Waals surface area contributed by atoms with Crippen molar-refractivity contribution in [2.75, 3.05) is 34.8 Å². The van der Waals surface area contributed by atoms with E-state index in [1.165, 1.54) is 6.07 Å². The SMILES string of the molecule is O=C(O)c1nnc(Cl)cc1Nc1cccc(N2CCS(O)(O)CC2)n1. The molecule has 2 aromatic heterocycles. The van der Waals surface area contributed by atoms with Crippen molar-refractivity contribution in [2.24, 2.45) is 0 Å². The molecule has 0 aromatic carbocycles. The number of hydrogen-bond acceptors (Lipinski definition) is 8. The number of anilines is 3. The molecule has 134 valence electrons. The molecule has 11 heteroatoms. The molecule has 1 aliphatic heterocycles. The van der Waals surface area contributed by atoms with Gasteiger partial charge in [0.1, 0.15) is 11.6 Å². The van der Waals surface area contributed by atoms with Crippen molar-refractivity contribution in [3.63, 3.8) is 0 Å². The highest BCUT2D eigenvalue weighted by atomic mass is 35.5. The number of rotatable bonds is 4. The maximum atomic E-state index is 11.2. The van der Waals surface area contributed by atoms with E-state index < -0.39 is 16.6 Å². The number of hydrogen-bond donors (Lipinski definition) is 4. The van der Waals surface area contributed by atoms with Crippen LogP contribution in [0, 0.1) is 0 Å². The Morgan fingerprint density at radius 3 is 2.64 bits per heavy atom. The lowest BCUT2D eigenvalue weighted by Crippen LogP contribution is -2.38. The Morgan fingerprint density at radius 1 is 1.24 bits per heavy atom. The molecule has 0 amide bonds. The molecule has 1 fully saturated rings. The average Bonchev–Trinajstić information content (AvgIpc) is 2.55. The number of carbonyl (C=O) groups is 1. The minimum Gasteiger partial charge on any atom is -0.476 e. The van der Waals surface area contributed by atoms with Gasteiger partial charge in [-0.05, 0) is 12.1 Å². The van der Waals surface area contributed by atoms with E-state index in [2.05, 4.69) is 20.5 Å². The normalized spacial score (nSPS) is 17.8. The van der Waals surface area contributed by atoms with E-state index >= 15 is 0 Å². The van der Waals surface area contributed by atoms with E-state index in [0.717, 1.165) is 0 Å². The molecule has 0 saturated carbocycles. The smallest absolute Gasteiger partial charge is 0.358 e. The van der Waals surface area contributed by atoms with Crippen LogP contribution >= 0.6 is 22.2 Å². The third-order valence-corrected chi connectivity index (χ3v) is 5.52. The highest BCUT2D eigenvalue weighted by molar-refractivity contribution is 8.24. The standard InChI is InChI=1S/C14H16ClN5O4S/c15-10-8-9(13(14(21)22)19-18-10)16-11-2-1-3-12(17-11)20-4-6-25(23,24)7-5-20/h1-3,8,23-24H,4-7H2,(H,21,22)(H,16,17,18). The summed E-state index contributed by atoms with van der Waals surface area (Å²) < 4.78 is 19.4. The van der Waals surface area contributed by atoms with E-state index in [4.69, 9.17) is 11.6 Å². The van der Waals surface area contributed by atoms with Gasteiger partial charge in [-0.15, -0.1) is 10.2 Å². The summed E-state index contributed by atoms with van der Waals surface area (Å²) in [4.78, 5) is 17.6. The molecular formula is C14H16ClN5O4S. The van der Waals surface area contributed by atoms with Crippen LogP contribution < -0.4 is 10.2 Å². The lowest BCUT2D eigenvalue weighted by molar-refractivity contribution is 0.0690. The Bertz CT molecular complexity index is 797. The second-order valence-corrected chi connectivity index (χ2v) is 8.25. The van der Waals surface area contributed by atoms with Gasteiger partial charge in [0.2, 0.25) is 0 Å². The Kier molecular flexibility index (Phi) is 4.95. The second-order valence-electron chi connectivity index (χ2n) is 5.44. The van der Waals surface area contributed by atoms with Crippen LogP contribution in [0.25, 0.3) is 0 Å². The summed E-state index contributed by atoms with van der Waals surface area (Å²) in [6.07, 6.45) is 0. The predicted octanol–water partition coefficient (Wildman–Crippen LogP) is 2.54. The lowest BCUT2D eigenvalue weighted by Gasteiger charge is -2.41. The molecule has 1 saturated heterocycles. The van der Waals surface area contributed by atoms with Crippen LogP contribution in [-0.2, 0) is 0 Å². The number of aromatic nitrogens is 3. The van der Waals surface area contributed by atoms with E-state index in [9.17, 15) is 19.0 Å². The zero-order chi connectivity index (χ0) is 18.0. The summed E-state index contributed by atoms with van der Waals surface area (Å²) in [7, 11) is -2.48. The summed E-state index contributed by atoms with van der Waals surface area (Å²) in [6.45, 7) is 0.976. The van der Waals surface area contributed by atoms with Crippen LogP contribution in [0.4, 0.5) is 17.3 Å². The van der Waals surface area contributed by atoms with Gasteiger partial charge < -0.3 is 15.3 Å². The van der Waals surface area contributed by atoms with E-state index in [1.54, 1.807) is 18.2 Å². The first kappa shape index (κ1) is 17.7. The molecule has 4 N–H and O–H groups in total. The Hall–Kier alpha value is -2.14. The van der Waals surface area contributed by atoms with Crippen molar-refractivity contribution < 1.29 is 19.0 Å². The van der Waals surface area contributed by atoms with Crippen LogP contribution in [0.3, 0.4) is 0 Å². The molecule has 0 unspecified atom stereocenters. The molecule has 9 nitrogen and oxygen atoms in total. The lowest BCUT2D eigenvalue weighted by atomic mass is 10.3. The molecule has 0 radical (unpaired) electrons. The van der Waals surface area contributed by atoms with Crippen molar-refractivity contribution in [1.82, 2.24) is 15.2 Å². The summed E-state index contributed by atoms with van der Waals surface area (Å²) in [5.41, 5.74) is -0.0755.